The lowest BCUT2D eigenvalue weighted by Gasteiger charge is -2.45. The number of aliphatic hydroxyl groups is 1. The minimum atomic E-state index is -0.411. The molecule has 39 heavy (non-hydrogen) atoms. The zero-order valence-electron chi connectivity index (χ0n) is 22.4. The van der Waals surface area contributed by atoms with Crippen molar-refractivity contribution in [1.82, 2.24) is 15.1 Å². The Labute approximate surface area is 242 Å². The smallest absolute Gasteiger partial charge is 0.269 e. The summed E-state index contributed by atoms with van der Waals surface area (Å²) in [5.74, 6) is 0.0463. The lowest BCUT2D eigenvalue weighted by atomic mass is 9.98. The van der Waals surface area contributed by atoms with Gasteiger partial charge in [0.05, 0.1) is 11.5 Å². The summed E-state index contributed by atoms with van der Waals surface area (Å²) in [4.78, 5) is 28.6. The number of benzene rings is 3. The molecule has 1 heterocycles. The fourth-order valence-electron chi connectivity index (χ4n) is 5.21. The van der Waals surface area contributed by atoms with Crippen molar-refractivity contribution in [1.29, 1.82) is 0 Å². The van der Waals surface area contributed by atoms with Gasteiger partial charge in [-0.05, 0) is 42.2 Å². The van der Waals surface area contributed by atoms with Crippen molar-refractivity contribution in [3.05, 3.63) is 88.0 Å². The van der Waals surface area contributed by atoms with Gasteiger partial charge in [-0.15, -0.1) is 24.8 Å². The van der Waals surface area contributed by atoms with Gasteiger partial charge in [0.15, 0.2) is 0 Å². The topological polar surface area (TPSA) is 99.0 Å². The highest BCUT2D eigenvalue weighted by Crippen LogP contribution is 2.24. The molecule has 0 aliphatic carbocycles. The number of fused-ring (bicyclic) bond motifs is 1. The van der Waals surface area contributed by atoms with E-state index in [-0.39, 0.29) is 55.1 Å². The fraction of sp³-hybridized carbons (Fsp3) is 0.414. The Hall–Kier alpha value is -2.75. The summed E-state index contributed by atoms with van der Waals surface area (Å²) >= 11 is 0. The number of non-ortho nitro benzene ring substituents is 1. The van der Waals surface area contributed by atoms with E-state index in [2.05, 4.69) is 24.1 Å². The Bertz CT molecular complexity index is 1220. The summed E-state index contributed by atoms with van der Waals surface area (Å²) < 4.78 is 0. The molecule has 212 valence electrons. The first-order chi connectivity index (χ1) is 17.9. The molecular formula is C29H38Cl2N4O4. The van der Waals surface area contributed by atoms with Gasteiger partial charge in [0.25, 0.3) is 11.6 Å². The fourth-order valence-corrected chi connectivity index (χ4v) is 5.21. The zero-order valence-corrected chi connectivity index (χ0v) is 24.0. The standard InChI is InChI=1S/C29H36N4O4.2ClH/c1-3-21(2)32-16-15-31(29(35)28-10-6-8-23-7-4-5-9-27(23)28)19-26(32)17-24(20-34)30-18-22-11-13-25(14-12-22)33(36)37;;/h4-14,21,24,26,30,34H,3,15-20H2,1-2H3;2*1H/t21?,24-,26+;;/m1../s1. The van der Waals surface area contributed by atoms with E-state index in [1.54, 1.807) is 12.1 Å². The molecule has 0 bridgehead atoms. The van der Waals surface area contributed by atoms with Gasteiger partial charge in [-0.2, -0.15) is 0 Å². The monoisotopic (exact) mass is 576 g/mol. The molecule has 1 unspecified atom stereocenters. The summed E-state index contributed by atoms with van der Waals surface area (Å²) in [5.41, 5.74) is 1.70. The van der Waals surface area contributed by atoms with Crippen LogP contribution in [0.1, 0.15) is 42.6 Å². The van der Waals surface area contributed by atoms with Crippen molar-refractivity contribution in [2.75, 3.05) is 26.2 Å². The molecule has 1 fully saturated rings. The van der Waals surface area contributed by atoms with E-state index in [1.807, 2.05) is 47.4 Å². The molecule has 1 amide bonds. The first kappa shape index (κ1) is 32.5. The van der Waals surface area contributed by atoms with Crippen LogP contribution < -0.4 is 5.32 Å². The van der Waals surface area contributed by atoms with Gasteiger partial charge in [-0.1, -0.05) is 55.5 Å². The number of nitro groups is 1. The average Bonchev–Trinajstić information content (AvgIpc) is 2.94. The second kappa shape index (κ2) is 15.1. The molecule has 1 saturated heterocycles. The molecule has 1 aliphatic rings. The number of nitrogens with zero attached hydrogens (tertiary/aromatic N) is 3. The van der Waals surface area contributed by atoms with E-state index in [0.29, 0.717) is 32.1 Å². The molecule has 1 aliphatic heterocycles. The first-order valence-corrected chi connectivity index (χ1v) is 13.0. The minimum Gasteiger partial charge on any atom is -0.395 e. The Balaban J connectivity index is 0.00000267. The van der Waals surface area contributed by atoms with E-state index >= 15 is 0 Å². The summed E-state index contributed by atoms with van der Waals surface area (Å²) in [6.45, 7) is 6.91. The third-order valence-corrected chi connectivity index (χ3v) is 7.51. The normalized spacial score (nSPS) is 17.1. The van der Waals surface area contributed by atoms with Crippen molar-refractivity contribution < 1.29 is 14.8 Å². The number of rotatable bonds is 10. The van der Waals surface area contributed by atoms with E-state index in [9.17, 15) is 20.0 Å². The number of amides is 1. The van der Waals surface area contributed by atoms with Crippen LogP contribution in [0.4, 0.5) is 5.69 Å². The molecule has 3 aromatic rings. The molecule has 2 N–H and O–H groups in total. The van der Waals surface area contributed by atoms with Crippen LogP contribution in [-0.4, -0.2) is 70.1 Å². The maximum atomic E-state index is 13.6. The van der Waals surface area contributed by atoms with Gasteiger partial charge in [0.1, 0.15) is 0 Å². The lowest BCUT2D eigenvalue weighted by molar-refractivity contribution is -0.384. The van der Waals surface area contributed by atoms with Crippen molar-refractivity contribution in [3.63, 3.8) is 0 Å². The molecule has 0 spiro atoms. The largest absolute Gasteiger partial charge is 0.395 e. The van der Waals surface area contributed by atoms with Crippen LogP contribution in [0.2, 0.25) is 0 Å². The second-order valence-corrected chi connectivity index (χ2v) is 9.85. The van der Waals surface area contributed by atoms with Crippen LogP contribution in [0.5, 0.6) is 0 Å². The Morgan fingerprint density at radius 3 is 2.44 bits per heavy atom. The van der Waals surface area contributed by atoms with Gasteiger partial charge in [-0.3, -0.25) is 19.8 Å². The highest BCUT2D eigenvalue weighted by Gasteiger charge is 2.33. The molecule has 0 saturated carbocycles. The SMILES string of the molecule is CCC(C)N1CCN(C(=O)c2cccc3ccccc23)C[C@@H]1C[C@H](CO)NCc1ccc([N+](=O)[O-])cc1.Cl.Cl. The van der Waals surface area contributed by atoms with Crippen LogP contribution in [0.3, 0.4) is 0 Å². The number of hydrogen-bond donors (Lipinski definition) is 2. The Morgan fingerprint density at radius 1 is 1.08 bits per heavy atom. The number of nitro benzene ring substituents is 1. The van der Waals surface area contributed by atoms with Crippen molar-refractivity contribution >= 4 is 47.2 Å². The van der Waals surface area contributed by atoms with Gasteiger partial charge in [0, 0.05) is 62.0 Å². The average molecular weight is 578 g/mol. The number of carbonyl (C=O) groups excluding carboxylic acids is 1. The molecule has 0 aromatic heterocycles. The molecule has 0 radical (unpaired) electrons. The summed E-state index contributed by atoms with van der Waals surface area (Å²) in [7, 11) is 0. The maximum Gasteiger partial charge on any atom is 0.269 e. The number of carbonyl (C=O) groups is 1. The molecular weight excluding hydrogens is 539 g/mol. The molecule has 10 heteroatoms. The third-order valence-electron chi connectivity index (χ3n) is 7.51. The Kier molecular flexibility index (Phi) is 12.6. The predicted molar refractivity (Wildman–Crippen MR) is 160 cm³/mol. The number of piperazine rings is 1. The zero-order chi connectivity index (χ0) is 26.4. The summed E-state index contributed by atoms with van der Waals surface area (Å²) in [6.07, 6.45) is 1.70. The van der Waals surface area contributed by atoms with E-state index in [0.717, 1.165) is 34.9 Å². The summed E-state index contributed by atoms with van der Waals surface area (Å²) in [6, 6.07) is 20.6. The Morgan fingerprint density at radius 2 is 1.77 bits per heavy atom. The van der Waals surface area contributed by atoms with Gasteiger partial charge >= 0.3 is 0 Å². The highest BCUT2D eigenvalue weighted by atomic mass is 35.5. The molecule has 8 nitrogen and oxygen atoms in total. The number of nitrogens with one attached hydrogen (secondary N) is 1. The molecule has 4 rings (SSSR count). The number of aliphatic hydroxyl groups excluding tert-OH is 1. The minimum absolute atomic E-state index is 0. The van der Waals surface area contributed by atoms with Crippen molar-refractivity contribution in [2.45, 2.75) is 51.4 Å². The van der Waals surface area contributed by atoms with Crippen LogP contribution >= 0.6 is 24.8 Å². The van der Waals surface area contributed by atoms with Crippen LogP contribution in [0.25, 0.3) is 10.8 Å². The quantitative estimate of drug-likeness (QED) is 0.258. The molecule has 3 aromatic carbocycles. The third kappa shape index (κ3) is 7.90. The molecule has 3 atom stereocenters. The second-order valence-electron chi connectivity index (χ2n) is 9.85. The maximum absolute atomic E-state index is 13.6. The van der Waals surface area contributed by atoms with E-state index in [4.69, 9.17) is 0 Å². The lowest BCUT2D eigenvalue weighted by Crippen LogP contribution is -2.58. The van der Waals surface area contributed by atoms with Gasteiger partial charge in [0.2, 0.25) is 0 Å². The van der Waals surface area contributed by atoms with Crippen LogP contribution in [-0.2, 0) is 6.54 Å². The first-order valence-electron chi connectivity index (χ1n) is 13.0. The van der Waals surface area contributed by atoms with Crippen molar-refractivity contribution in [3.8, 4) is 0 Å². The van der Waals surface area contributed by atoms with Gasteiger partial charge in [-0.25, -0.2) is 0 Å². The van der Waals surface area contributed by atoms with E-state index < -0.39 is 4.92 Å². The van der Waals surface area contributed by atoms with E-state index in [1.165, 1.54) is 12.1 Å². The summed E-state index contributed by atoms with van der Waals surface area (Å²) in [5, 5.41) is 26.5. The number of hydrogen-bond acceptors (Lipinski definition) is 6. The number of halogens is 2. The van der Waals surface area contributed by atoms with Crippen LogP contribution in [0, 0.1) is 10.1 Å². The highest BCUT2D eigenvalue weighted by molar-refractivity contribution is 6.07. The predicted octanol–water partition coefficient (Wildman–Crippen LogP) is 5.06. The van der Waals surface area contributed by atoms with Gasteiger partial charge < -0.3 is 15.3 Å². The van der Waals surface area contributed by atoms with Crippen LogP contribution in [0.15, 0.2) is 66.7 Å². The van der Waals surface area contributed by atoms with Crippen molar-refractivity contribution in [2.24, 2.45) is 0 Å².